The summed E-state index contributed by atoms with van der Waals surface area (Å²) >= 11 is 0. The molecule has 0 saturated heterocycles. The zero-order valence-corrected chi connectivity index (χ0v) is 11.1. The van der Waals surface area contributed by atoms with Crippen molar-refractivity contribution in [2.75, 3.05) is 0 Å². The molecule has 0 saturated carbocycles. The summed E-state index contributed by atoms with van der Waals surface area (Å²) < 4.78 is 0. The monoisotopic (exact) mass is 265 g/mol. The molecule has 3 N–H and O–H groups in total. The number of hydrogen-bond donors (Lipinski definition) is 3. The van der Waals surface area contributed by atoms with E-state index >= 15 is 0 Å². The second-order valence-corrected chi connectivity index (χ2v) is 4.71. The fourth-order valence-corrected chi connectivity index (χ4v) is 1.59. The molecular formula is C13H19N3O3. The Morgan fingerprint density at radius 3 is 2.68 bits per heavy atom. The third-order valence-electron chi connectivity index (χ3n) is 2.49. The number of hydrogen-bond acceptors (Lipinski definition) is 3. The van der Waals surface area contributed by atoms with Crippen LogP contribution in [-0.4, -0.2) is 28.1 Å². The van der Waals surface area contributed by atoms with E-state index in [0.717, 1.165) is 5.56 Å². The fraction of sp³-hybridized carbons (Fsp3) is 0.462. The van der Waals surface area contributed by atoms with E-state index in [1.165, 1.54) is 0 Å². The zero-order valence-electron chi connectivity index (χ0n) is 11.1. The van der Waals surface area contributed by atoms with Crippen LogP contribution in [0.2, 0.25) is 0 Å². The average molecular weight is 265 g/mol. The van der Waals surface area contributed by atoms with Crippen molar-refractivity contribution in [3.05, 3.63) is 30.1 Å². The van der Waals surface area contributed by atoms with Crippen molar-refractivity contribution in [3.8, 4) is 0 Å². The number of aromatic nitrogens is 1. The van der Waals surface area contributed by atoms with Crippen LogP contribution in [0.15, 0.2) is 24.5 Å². The number of carboxylic acid groups (broad SMARTS) is 1. The van der Waals surface area contributed by atoms with Crippen LogP contribution in [0.3, 0.4) is 0 Å². The van der Waals surface area contributed by atoms with Crippen molar-refractivity contribution in [2.24, 2.45) is 5.92 Å². The lowest BCUT2D eigenvalue weighted by Crippen LogP contribution is -2.46. The van der Waals surface area contributed by atoms with Gasteiger partial charge in [-0.15, -0.1) is 0 Å². The minimum absolute atomic E-state index is 0.194. The molecular weight excluding hydrogens is 246 g/mol. The predicted octanol–water partition coefficient (Wildman–Crippen LogP) is 1.38. The summed E-state index contributed by atoms with van der Waals surface area (Å²) in [4.78, 5) is 26.5. The molecule has 0 aliphatic rings. The van der Waals surface area contributed by atoms with Gasteiger partial charge in [0.1, 0.15) is 6.04 Å². The van der Waals surface area contributed by atoms with Crippen molar-refractivity contribution in [1.82, 2.24) is 15.6 Å². The van der Waals surface area contributed by atoms with Crippen LogP contribution in [0.1, 0.15) is 25.8 Å². The Labute approximate surface area is 112 Å². The molecule has 0 radical (unpaired) electrons. The number of carbonyl (C=O) groups is 2. The normalized spacial score (nSPS) is 11.9. The molecule has 2 amide bonds. The highest BCUT2D eigenvalue weighted by atomic mass is 16.4. The number of carboxylic acids is 1. The van der Waals surface area contributed by atoms with E-state index in [2.05, 4.69) is 15.6 Å². The number of pyridine rings is 1. The Balaban J connectivity index is 2.42. The number of nitrogens with one attached hydrogen (secondary N) is 2. The molecule has 0 unspecified atom stereocenters. The number of urea groups is 1. The Morgan fingerprint density at radius 2 is 2.16 bits per heavy atom. The molecule has 0 fully saturated rings. The van der Waals surface area contributed by atoms with Crippen molar-refractivity contribution >= 4 is 12.0 Å². The summed E-state index contributed by atoms with van der Waals surface area (Å²) in [6.45, 7) is 4.13. The molecule has 0 spiro atoms. The summed E-state index contributed by atoms with van der Waals surface area (Å²) in [6, 6.07) is 2.25. The van der Waals surface area contributed by atoms with Crippen molar-refractivity contribution in [1.29, 1.82) is 0 Å². The third-order valence-corrected chi connectivity index (χ3v) is 2.49. The molecule has 1 rings (SSSR count). The lowest BCUT2D eigenvalue weighted by molar-refractivity contribution is -0.139. The summed E-state index contributed by atoms with van der Waals surface area (Å²) in [5, 5.41) is 14.1. The molecule has 0 bridgehead atoms. The van der Waals surface area contributed by atoms with Gasteiger partial charge < -0.3 is 15.7 Å². The van der Waals surface area contributed by atoms with Crippen LogP contribution >= 0.6 is 0 Å². The van der Waals surface area contributed by atoms with Gasteiger partial charge in [-0.3, -0.25) is 4.98 Å². The number of carbonyl (C=O) groups excluding carboxylic acids is 1. The van der Waals surface area contributed by atoms with E-state index < -0.39 is 18.0 Å². The van der Waals surface area contributed by atoms with Crippen molar-refractivity contribution in [3.63, 3.8) is 0 Å². The fourth-order valence-electron chi connectivity index (χ4n) is 1.59. The molecule has 1 aromatic heterocycles. The Kier molecular flexibility index (Phi) is 5.78. The van der Waals surface area contributed by atoms with Gasteiger partial charge in [0.15, 0.2) is 0 Å². The van der Waals surface area contributed by atoms with Crippen LogP contribution < -0.4 is 10.6 Å². The molecule has 6 heteroatoms. The van der Waals surface area contributed by atoms with E-state index in [0.29, 0.717) is 13.0 Å². The smallest absolute Gasteiger partial charge is 0.326 e. The summed E-state index contributed by atoms with van der Waals surface area (Å²) in [5.41, 5.74) is 0.855. The molecule has 6 nitrogen and oxygen atoms in total. The van der Waals surface area contributed by atoms with Gasteiger partial charge in [-0.05, 0) is 24.0 Å². The first-order valence-electron chi connectivity index (χ1n) is 6.15. The highest BCUT2D eigenvalue weighted by Gasteiger charge is 2.20. The largest absolute Gasteiger partial charge is 0.480 e. The first-order chi connectivity index (χ1) is 8.99. The molecule has 0 aliphatic carbocycles. The quantitative estimate of drug-likeness (QED) is 0.724. The van der Waals surface area contributed by atoms with Gasteiger partial charge in [-0.1, -0.05) is 19.9 Å². The molecule has 0 aromatic carbocycles. The Hall–Kier alpha value is -2.11. The lowest BCUT2D eigenvalue weighted by atomic mass is 10.0. The maximum Gasteiger partial charge on any atom is 0.326 e. The van der Waals surface area contributed by atoms with Gasteiger partial charge in [-0.25, -0.2) is 9.59 Å². The Bertz CT molecular complexity index is 420. The molecule has 1 atom stereocenters. The Morgan fingerprint density at radius 1 is 1.42 bits per heavy atom. The molecule has 104 valence electrons. The summed E-state index contributed by atoms with van der Waals surface area (Å²) in [6.07, 6.45) is 3.69. The first-order valence-corrected chi connectivity index (χ1v) is 6.15. The maximum absolute atomic E-state index is 11.6. The van der Waals surface area contributed by atoms with E-state index in [1.54, 1.807) is 18.5 Å². The highest BCUT2D eigenvalue weighted by Crippen LogP contribution is 2.04. The van der Waals surface area contributed by atoms with Gasteiger partial charge in [0, 0.05) is 18.9 Å². The zero-order chi connectivity index (χ0) is 14.3. The minimum atomic E-state index is -1.02. The van der Waals surface area contributed by atoms with Gasteiger partial charge in [0.25, 0.3) is 0 Å². The molecule has 19 heavy (non-hydrogen) atoms. The second-order valence-electron chi connectivity index (χ2n) is 4.71. The van der Waals surface area contributed by atoms with Crippen LogP contribution in [0.25, 0.3) is 0 Å². The highest BCUT2D eigenvalue weighted by molar-refractivity contribution is 5.82. The standard InChI is InChI=1S/C13H19N3O3/c1-9(2)6-11(12(17)18)16-13(19)15-8-10-4-3-5-14-7-10/h3-5,7,9,11H,6,8H2,1-2H3,(H,17,18)(H2,15,16,19)/t11-/m0/s1. The SMILES string of the molecule is CC(C)C[C@H](NC(=O)NCc1cccnc1)C(=O)O. The summed E-state index contributed by atoms with van der Waals surface area (Å²) in [5.74, 6) is -0.829. The third kappa shape index (κ3) is 5.85. The first kappa shape index (κ1) is 14.9. The van der Waals surface area contributed by atoms with E-state index in [9.17, 15) is 9.59 Å². The van der Waals surface area contributed by atoms with Crippen molar-refractivity contribution < 1.29 is 14.7 Å². The number of aliphatic carboxylic acids is 1. The van der Waals surface area contributed by atoms with Gasteiger partial charge in [-0.2, -0.15) is 0 Å². The topological polar surface area (TPSA) is 91.3 Å². The number of rotatable bonds is 6. The maximum atomic E-state index is 11.6. The van der Waals surface area contributed by atoms with Gasteiger partial charge >= 0.3 is 12.0 Å². The van der Waals surface area contributed by atoms with Crippen LogP contribution in [0.4, 0.5) is 4.79 Å². The summed E-state index contributed by atoms with van der Waals surface area (Å²) in [7, 11) is 0. The van der Waals surface area contributed by atoms with Crippen LogP contribution in [0.5, 0.6) is 0 Å². The number of nitrogens with zero attached hydrogens (tertiary/aromatic N) is 1. The van der Waals surface area contributed by atoms with E-state index in [-0.39, 0.29) is 5.92 Å². The van der Waals surface area contributed by atoms with Gasteiger partial charge in [0.2, 0.25) is 0 Å². The number of amides is 2. The van der Waals surface area contributed by atoms with E-state index in [4.69, 9.17) is 5.11 Å². The molecule has 1 aromatic rings. The minimum Gasteiger partial charge on any atom is -0.480 e. The molecule has 0 aliphatic heterocycles. The average Bonchev–Trinajstić information content (AvgIpc) is 2.36. The second kappa shape index (κ2) is 7.35. The van der Waals surface area contributed by atoms with Crippen LogP contribution in [-0.2, 0) is 11.3 Å². The lowest BCUT2D eigenvalue weighted by Gasteiger charge is -2.16. The van der Waals surface area contributed by atoms with E-state index in [1.807, 2.05) is 19.9 Å². The molecule has 1 heterocycles. The van der Waals surface area contributed by atoms with Crippen molar-refractivity contribution in [2.45, 2.75) is 32.9 Å². The van der Waals surface area contributed by atoms with Crippen LogP contribution in [0, 0.1) is 5.92 Å². The van der Waals surface area contributed by atoms with Gasteiger partial charge in [0.05, 0.1) is 0 Å². The predicted molar refractivity (Wildman–Crippen MR) is 70.5 cm³/mol.